The molecule has 0 aliphatic rings. The first-order valence-corrected chi connectivity index (χ1v) is 11.3. The van der Waals surface area contributed by atoms with Crippen LogP contribution in [-0.4, -0.2) is 15.1 Å². The fourth-order valence-electron chi connectivity index (χ4n) is 4.02. The summed E-state index contributed by atoms with van der Waals surface area (Å²) in [5.74, 6) is 0.233. The summed E-state index contributed by atoms with van der Waals surface area (Å²) >= 11 is 0. The van der Waals surface area contributed by atoms with Crippen LogP contribution in [0.5, 0.6) is 5.75 Å². The standard InChI is InChI=1S/C30H31N2O.Ni/c1-29(2,3)23-19-24(30(4,5)6)28(22-14-7-8-16-26(22)33)32-27(23)21-13-11-12-20(18-21)25-15-9-10-17-31-25;/h7-17,19,33H,1-6H3;/q-1;. The van der Waals surface area contributed by atoms with Crippen LogP contribution >= 0.6 is 0 Å². The molecule has 3 nitrogen and oxygen atoms in total. The van der Waals surface area contributed by atoms with E-state index in [0.29, 0.717) is 0 Å². The Morgan fingerprint density at radius 1 is 0.706 bits per heavy atom. The number of nitrogens with zero attached hydrogens (tertiary/aromatic N) is 2. The molecule has 1 N–H and O–H groups in total. The van der Waals surface area contributed by atoms with Gasteiger partial charge in [-0.1, -0.05) is 83.0 Å². The van der Waals surface area contributed by atoms with Crippen LogP contribution < -0.4 is 0 Å². The van der Waals surface area contributed by atoms with Crippen molar-refractivity contribution >= 4 is 0 Å². The molecule has 34 heavy (non-hydrogen) atoms. The third kappa shape index (κ3) is 5.23. The predicted octanol–water partition coefficient (Wildman–Crippen LogP) is 7.58. The monoisotopic (exact) mass is 493 g/mol. The molecule has 2 aromatic carbocycles. The zero-order valence-corrected chi connectivity index (χ0v) is 21.6. The van der Waals surface area contributed by atoms with Crippen LogP contribution in [0.3, 0.4) is 0 Å². The van der Waals surface area contributed by atoms with Gasteiger partial charge in [-0.25, -0.2) is 0 Å². The molecule has 0 atom stereocenters. The van der Waals surface area contributed by atoms with Gasteiger partial charge >= 0.3 is 0 Å². The minimum absolute atomic E-state index is 0. The molecule has 4 rings (SSSR count). The normalized spacial score (nSPS) is 11.7. The van der Waals surface area contributed by atoms with Crippen LogP contribution in [0.15, 0.2) is 72.9 Å². The second-order valence-corrected chi connectivity index (χ2v) is 10.5. The van der Waals surface area contributed by atoms with E-state index in [1.807, 2.05) is 48.5 Å². The number of hydrogen-bond donors (Lipinski definition) is 1. The second kappa shape index (κ2) is 9.72. The van der Waals surface area contributed by atoms with Crippen molar-refractivity contribution in [2.45, 2.75) is 52.4 Å². The maximum Gasteiger partial charge on any atom is 0.124 e. The Morgan fingerprint density at radius 3 is 1.94 bits per heavy atom. The maximum atomic E-state index is 10.7. The first-order chi connectivity index (χ1) is 15.6. The Labute approximate surface area is 213 Å². The van der Waals surface area contributed by atoms with Crippen molar-refractivity contribution in [2.75, 3.05) is 0 Å². The predicted molar refractivity (Wildman–Crippen MR) is 136 cm³/mol. The van der Waals surface area contributed by atoms with Crippen molar-refractivity contribution in [3.63, 3.8) is 0 Å². The number of aromatic nitrogens is 2. The first kappa shape index (κ1) is 25.7. The third-order valence-electron chi connectivity index (χ3n) is 5.79. The Morgan fingerprint density at radius 2 is 1.32 bits per heavy atom. The molecule has 178 valence electrons. The van der Waals surface area contributed by atoms with Crippen LogP contribution in [-0.2, 0) is 27.3 Å². The van der Waals surface area contributed by atoms with Crippen molar-refractivity contribution in [1.82, 2.24) is 9.97 Å². The number of para-hydroxylation sites is 1. The Kier molecular flexibility index (Phi) is 7.33. The number of aromatic hydroxyl groups is 1. The molecule has 4 aromatic rings. The SMILES string of the molecule is CC(C)(C)c1cc(C(C)(C)C)c(-c2ccccc2O)nc1-c1[c-]c(-c2ccccn2)ccc1.[Ni]. The van der Waals surface area contributed by atoms with Gasteiger partial charge in [-0.05, 0) is 40.2 Å². The van der Waals surface area contributed by atoms with Crippen molar-refractivity contribution in [3.05, 3.63) is 90.1 Å². The summed E-state index contributed by atoms with van der Waals surface area (Å²) < 4.78 is 0. The van der Waals surface area contributed by atoms with Gasteiger partial charge in [-0.2, -0.15) is 0 Å². The average molecular weight is 494 g/mol. The van der Waals surface area contributed by atoms with E-state index in [2.05, 4.69) is 64.7 Å². The Hall–Kier alpha value is -2.97. The zero-order chi connectivity index (χ0) is 23.8. The van der Waals surface area contributed by atoms with E-state index in [0.717, 1.165) is 44.9 Å². The molecule has 0 spiro atoms. The molecule has 2 aromatic heterocycles. The number of phenols is 1. The van der Waals surface area contributed by atoms with Gasteiger partial charge in [-0.15, -0.1) is 24.3 Å². The summed E-state index contributed by atoms with van der Waals surface area (Å²) in [7, 11) is 0. The van der Waals surface area contributed by atoms with Gasteiger partial charge in [0, 0.05) is 39.6 Å². The van der Waals surface area contributed by atoms with E-state index in [4.69, 9.17) is 4.98 Å². The molecular weight excluding hydrogens is 463 g/mol. The van der Waals surface area contributed by atoms with Crippen LogP contribution in [0.4, 0.5) is 0 Å². The molecule has 0 fully saturated rings. The van der Waals surface area contributed by atoms with E-state index >= 15 is 0 Å². The minimum atomic E-state index is -0.150. The fourth-order valence-corrected chi connectivity index (χ4v) is 4.02. The van der Waals surface area contributed by atoms with Crippen LogP contribution in [0, 0.1) is 6.07 Å². The molecule has 0 amide bonds. The Bertz CT molecular complexity index is 1290. The molecule has 0 saturated heterocycles. The van der Waals surface area contributed by atoms with E-state index in [9.17, 15) is 5.11 Å². The number of phenolic OH excluding ortho intramolecular Hbond substituents is 1. The smallest absolute Gasteiger partial charge is 0.124 e. The Balaban J connectivity index is 0.00000324. The van der Waals surface area contributed by atoms with Crippen molar-refractivity contribution in [3.8, 4) is 39.5 Å². The zero-order valence-electron chi connectivity index (χ0n) is 20.6. The molecule has 0 radical (unpaired) electrons. The number of benzene rings is 2. The summed E-state index contributed by atoms with van der Waals surface area (Å²) in [6, 6.07) is 25.2. The molecule has 0 unspecified atom stereocenters. The van der Waals surface area contributed by atoms with E-state index in [1.54, 1.807) is 12.3 Å². The van der Waals surface area contributed by atoms with Crippen LogP contribution in [0.25, 0.3) is 33.8 Å². The van der Waals surface area contributed by atoms with Gasteiger partial charge in [0.2, 0.25) is 0 Å². The van der Waals surface area contributed by atoms with Gasteiger partial charge in [0.15, 0.2) is 0 Å². The molecule has 2 heterocycles. The van der Waals surface area contributed by atoms with Gasteiger partial charge in [0.05, 0.1) is 5.69 Å². The minimum Gasteiger partial charge on any atom is -0.507 e. The quantitative estimate of drug-likeness (QED) is 0.236. The van der Waals surface area contributed by atoms with Crippen LogP contribution in [0.1, 0.15) is 52.7 Å². The number of rotatable bonds is 3. The van der Waals surface area contributed by atoms with E-state index in [-0.39, 0.29) is 33.1 Å². The molecule has 0 saturated carbocycles. The van der Waals surface area contributed by atoms with E-state index < -0.39 is 0 Å². The summed E-state index contributed by atoms with van der Waals surface area (Å²) in [6.07, 6.45) is 1.79. The number of pyridine rings is 2. The number of hydrogen-bond acceptors (Lipinski definition) is 3. The molecule has 4 heteroatoms. The largest absolute Gasteiger partial charge is 0.507 e. The van der Waals surface area contributed by atoms with Crippen LogP contribution in [0.2, 0.25) is 0 Å². The van der Waals surface area contributed by atoms with E-state index in [1.165, 1.54) is 0 Å². The van der Waals surface area contributed by atoms with Gasteiger partial charge < -0.3 is 5.11 Å². The summed E-state index contributed by atoms with van der Waals surface area (Å²) in [4.78, 5) is 9.72. The summed E-state index contributed by atoms with van der Waals surface area (Å²) in [5, 5.41) is 10.7. The summed E-state index contributed by atoms with van der Waals surface area (Å²) in [5.41, 5.74) is 7.14. The molecule has 0 aliphatic carbocycles. The van der Waals surface area contributed by atoms with Crippen molar-refractivity contribution in [1.29, 1.82) is 0 Å². The van der Waals surface area contributed by atoms with Gasteiger partial charge in [0.1, 0.15) is 5.75 Å². The molecule has 0 aliphatic heterocycles. The fraction of sp³-hybridized carbons (Fsp3) is 0.267. The first-order valence-electron chi connectivity index (χ1n) is 11.3. The van der Waals surface area contributed by atoms with Crippen molar-refractivity contribution in [2.24, 2.45) is 0 Å². The average Bonchev–Trinajstić information content (AvgIpc) is 2.78. The summed E-state index contributed by atoms with van der Waals surface area (Å²) in [6.45, 7) is 13.2. The molecule has 0 bridgehead atoms. The van der Waals surface area contributed by atoms with Crippen molar-refractivity contribution < 1.29 is 21.6 Å². The second-order valence-electron chi connectivity index (χ2n) is 10.5. The molecular formula is C30H31N2NiO-. The topological polar surface area (TPSA) is 46.0 Å². The maximum absolute atomic E-state index is 10.7. The van der Waals surface area contributed by atoms with Gasteiger partial charge in [-0.3, -0.25) is 9.97 Å². The third-order valence-corrected chi connectivity index (χ3v) is 5.79. The van der Waals surface area contributed by atoms with Gasteiger partial charge in [0.25, 0.3) is 0 Å².